The van der Waals surface area contributed by atoms with Crippen molar-refractivity contribution in [1.29, 1.82) is 0 Å². The fourth-order valence-electron chi connectivity index (χ4n) is 9.16. The number of hydrogen-bond donors (Lipinski definition) is 18. The van der Waals surface area contributed by atoms with Crippen molar-refractivity contribution in [2.45, 2.75) is 184 Å². The van der Waals surface area contributed by atoms with Crippen molar-refractivity contribution in [3.05, 3.63) is 35.9 Å². The van der Waals surface area contributed by atoms with Crippen LogP contribution in [0.25, 0.3) is 0 Å². The number of rotatable bonds is 42. The van der Waals surface area contributed by atoms with Gasteiger partial charge in [-0.3, -0.25) is 67.3 Å². The third kappa shape index (κ3) is 28.8. The molecule has 21 N–H and O–H groups in total. The van der Waals surface area contributed by atoms with Crippen molar-refractivity contribution in [1.82, 2.24) is 52.8 Å². The number of carboxylic acid groups (broad SMARTS) is 4. The Balaban J connectivity index is 2.41. The van der Waals surface area contributed by atoms with E-state index in [0.29, 0.717) is 5.56 Å². The monoisotopic (exact) mass is 1310 g/mol. The number of hydrogen-bond acceptors (Lipinski definition) is 19. The average molecular weight is 1310 g/mol. The number of aliphatic hydroxyl groups excluding tert-OH is 2. The minimum absolute atomic E-state index is 0.0112. The van der Waals surface area contributed by atoms with Gasteiger partial charge in [-0.25, -0.2) is 4.79 Å². The molecule has 0 radical (unpaired) electrons. The van der Waals surface area contributed by atoms with Crippen LogP contribution in [0, 0.1) is 5.92 Å². The van der Waals surface area contributed by atoms with Crippen LogP contribution in [0.4, 0.5) is 0 Å². The first kappa shape index (κ1) is 78.4. The van der Waals surface area contributed by atoms with Gasteiger partial charge in [0.25, 0.3) is 0 Å². The minimum Gasteiger partial charge on any atom is -0.481 e. The van der Waals surface area contributed by atoms with Crippen molar-refractivity contribution in [2.75, 3.05) is 31.7 Å². The van der Waals surface area contributed by atoms with E-state index >= 15 is 0 Å². The molecule has 10 amide bonds. The van der Waals surface area contributed by atoms with Gasteiger partial charge in [0.2, 0.25) is 59.1 Å². The Bertz CT molecular complexity index is 2720. The van der Waals surface area contributed by atoms with Gasteiger partial charge in [-0.15, -0.1) is 0 Å². The van der Waals surface area contributed by atoms with Gasteiger partial charge in [0.05, 0.1) is 18.8 Å². The molecule has 1 heterocycles. The summed E-state index contributed by atoms with van der Waals surface area (Å²) < 4.78 is 0. The maximum Gasteiger partial charge on any atom is 0.326 e. The molecule has 0 spiro atoms. The van der Waals surface area contributed by atoms with Gasteiger partial charge in [-0.2, -0.15) is 11.8 Å². The van der Waals surface area contributed by atoms with E-state index in [-0.39, 0.29) is 82.1 Å². The SMILES string of the molecule is CSCC[C@H](NC(=O)[C@H](Cc1ccccc1)NC(=O)[C@H](CO)NC(=O)[C@@H]1CCCN1C(=O)[C@H](CCC(=O)O)NC(=O)[C@H](CCC(=O)O)NC(=O)[C@H](C)NC(=O)[C@@H](N)CCC(=O)O)C(=O)N[C@H](C(=O)N[C@@H](CCCN=C(N)N)C(=O)N[C@@H](CC(C)C)C(=O)O)[C@@H](C)O. The van der Waals surface area contributed by atoms with Gasteiger partial charge in [-0.05, 0) is 95.1 Å². The van der Waals surface area contributed by atoms with E-state index in [9.17, 15) is 92.7 Å². The average Bonchev–Trinajstić information content (AvgIpc) is 2.01. The van der Waals surface area contributed by atoms with Gasteiger partial charge in [0.15, 0.2) is 5.96 Å². The fraction of sp³-hybridized carbons (Fsp3) is 0.625. The standard InChI is InChI=1S/C56H88N14O20S/c1-28(2)25-38(55(89)90)67-47(81)33(13-9-22-60-56(58)59)64-53(87)44(30(4)72)69-49(83)35(21-24-91-5)63-50(84)37(26-31-11-7-6-8-12-31)66-51(85)39(27-71)68-52(86)40-14-10-23-70(40)54(88)36(17-20-43(77)78)65-48(82)34(16-19-42(75)76)62-45(79)29(3)61-46(80)32(57)15-18-41(73)74/h6-8,11-12,28-30,32-40,44,71-72H,9-10,13-27,57H2,1-5H3,(H,61,80)(H,62,79)(H,63,84)(H,64,87)(H,65,82)(H,66,85)(H,67,81)(H,68,86)(H,69,83)(H,73,74)(H,75,76)(H,77,78)(H,89,90)(H4,58,59,60)/t29-,30+,32-,33-,34-,35-,36-,37-,38-,39-,40-,44-/m0/s1. The Labute approximate surface area is 528 Å². The normalized spacial score (nSPS) is 16.4. The summed E-state index contributed by atoms with van der Waals surface area (Å²) in [7, 11) is 0. The first-order chi connectivity index (χ1) is 42.8. The lowest BCUT2D eigenvalue weighted by atomic mass is 10.0. The molecular formula is C56H88N14O20S. The number of nitrogens with zero attached hydrogens (tertiary/aromatic N) is 2. The molecule has 35 heteroatoms. The van der Waals surface area contributed by atoms with Crippen LogP contribution in [0.2, 0.25) is 0 Å². The summed E-state index contributed by atoms with van der Waals surface area (Å²) in [6, 6.07) is -8.86. The number of amides is 10. The van der Waals surface area contributed by atoms with Crippen LogP contribution in [0.3, 0.4) is 0 Å². The quantitative estimate of drug-likeness (QED) is 0.0165. The number of aliphatic carboxylic acids is 4. The number of aliphatic hydroxyl groups is 2. The van der Waals surface area contributed by atoms with Crippen molar-refractivity contribution in [2.24, 2.45) is 28.1 Å². The van der Waals surface area contributed by atoms with E-state index in [0.717, 1.165) is 4.90 Å². The molecule has 34 nitrogen and oxygen atoms in total. The summed E-state index contributed by atoms with van der Waals surface area (Å²) in [5.41, 5.74) is 17.1. The Hall–Kier alpha value is -8.70. The molecule has 0 aromatic heterocycles. The number of carbonyl (C=O) groups is 14. The number of carboxylic acids is 4. The Morgan fingerprint density at radius 3 is 1.64 bits per heavy atom. The highest BCUT2D eigenvalue weighted by Crippen LogP contribution is 2.21. The Kier molecular flexibility index (Phi) is 34.6. The molecule has 2 rings (SSSR count). The van der Waals surface area contributed by atoms with E-state index in [1.54, 1.807) is 50.4 Å². The highest BCUT2D eigenvalue weighted by atomic mass is 32.2. The second-order valence-corrected chi connectivity index (χ2v) is 23.0. The molecule has 0 aliphatic carbocycles. The molecule has 1 aliphatic rings. The van der Waals surface area contributed by atoms with Gasteiger partial charge >= 0.3 is 23.9 Å². The third-order valence-electron chi connectivity index (χ3n) is 14.1. The summed E-state index contributed by atoms with van der Waals surface area (Å²) in [5, 5.41) is 80.7. The zero-order valence-corrected chi connectivity index (χ0v) is 52.2. The molecule has 0 unspecified atom stereocenters. The maximum atomic E-state index is 14.4. The van der Waals surface area contributed by atoms with Crippen LogP contribution in [-0.2, 0) is 73.5 Å². The van der Waals surface area contributed by atoms with E-state index < -0.39 is 194 Å². The number of aliphatic imine (C=N–C) groups is 1. The largest absolute Gasteiger partial charge is 0.481 e. The van der Waals surface area contributed by atoms with Crippen LogP contribution < -0.4 is 65.1 Å². The topological polar surface area (TPSA) is 562 Å². The van der Waals surface area contributed by atoms with E-state index in [1.807, 2.05) is 0 Å². The number of carbonyl (C=O) groups excluding carboxylic acids is 10. The summed E-state index contributed by atoms with van der Waals surface area (Å²) >= 11 is 1.27. The number of thioether (sulfide) groups is 1. The summed E-state index contributed by atoms with van der Waals surface area (Å²) in [6.45, 7) is 4.60. The number of nitrogens with two attached hydrogens (primary N) is 3. The lowest BCUT2D eigenvalue weighted by molar-refractivity contribution is -0.144. The predicted molar refractivity (Wildman–Crippen MR) is 325 cm³/mol. The molecule has 1 saturated heterocycles. The lowest BCUT2D eigenvalue weighted by Crippen LogP contribution is -2.62. The zero-order chi connectivity index (χ0) is 68.7. The highest BCUT2D eigenvalue weighted by molar-refractivity contribution is 7.98. The van der Waals surface area contributed by atoms with Crippen LogP contribution in [0.1, 0.15) is 110 Å². The molecule has 508 valence electrons. The van der Waals surface area contributed by atoms with Gasteiger partial charge in [-0.1, -0.05) is 44.2 Å². The number of nitrogens with one attached hydrogen (secondary N) is 9. The number of guanidine groups is 1. The molecule has 91 heavy (non-hydrogen) atoms. The molecular weight excluding hydrogens is 1220 g/mol. The van der Waals surface area contributed by atoms with Crippen molar-refractivity contribution in [3.63, 3.8) is 0 Å². The van der Waals surface area contributed by atoms with Crippen molar-refractivity contribution < 1.29 is 97.8 Å². The smallest absolute Gasteiger partial charge is 0.326 e. The fourth-order valence-corrected chi connectivity index (χ4v) is 9.63. The van der Waals surface area contributed by atoms with Crippen molar-refractivity contribution >= 4 is 101 Å². The molecule has 1 aromatic carbocycles. The lowest BCUT2D eigenvalue weighted by Gasteiger charge is -2.31. The van der Waals surface area contributed by atoms with Crippen LogP contribution >= 0.6 is 11.8 Å². The second-order valence-electron chi connectivity index (χ2n) is 22.0. The Morgan fingerprint density at radius 2 is 1.09 bits per heavy atom. The first-order valence-corrected chi connectivity index (χ1v) is 30.7. The molecule has 1 aromatic rings. The van der Waals surface area contributed by atoms with E-state index in [1.165, 1.54) is 25.6 Å². The van der Waals surface area contributed by atoms with Gasteiger partial charge in [0, 0.05) is 38.8 Å². The summed E-state index contributed by atoms with van der Waals surface area (Å²) in [4.78, 5) is 189. The first-order valence-electron chi connectivity index (χ1n) is 29.3. The predicted octanol–water partition coefficient (Wildman–Crippen LogP) is -5.16. The van der Waals surface area contributed by atoms with Gasteiger partial charge in [0.1, 0.15) is 60.4 Å². The third-order valence-corrected chi connectivity index (χ3v) is 14.7. The second kappa shape index (κ2) is 40.1. The molecule has 0 saturated carbocycles. The Morgan fingerprint density at radius 1 is 0.593 bits per heavy atom. The number of benzene rings is 1. The maximum absolute atomic E-state index is 14.4. The van der Waals surface area contributed by atoms with Crippen molar-refractivity contribution in [3.8, 4) is 0 Å². The summed E-state index contributed by atoms with van der Waals surface area (Å²) in [5.74, 6) is -15.8. The van der Waals surface area contributed by atoms with E-state index in [2.05, 4.69) is 52.8 Å². The van der Waals surface area contributed by atoms with Crippen LogP contribution in [0.5, 0.6) is 0 Å². The molecule has 0 bridgehead atoms. The minimum atomic E-state index is -1.83. The van der Waals surface area contributed by atoms with Crippen LogP contribution in [-0.4, -0.2) is 229 Å². The van der Waals surface area contributed by atoms with Gasteiger partial charge < -0.3 is 101 Å². The molecule has 12 atom stereocenters. The zero-order valence-electron chi connectivity index (χ0n) is 51.3. The molecule has 1 fully saturated rings. The highest BCUT2D eigenvalue weighted by Gasteiger charge is 2.41. The van der Waals surface area contributed by atoms with E-state index in [4.69, 9.17) is 22.3 Å². The number of likely N-dealkylation sites (tertiary alicyclic amines) is 1. The summed E-state index contributed by atoms with van der Waals surface area (Å²) in [6.07, 6.45) is -3.51. The van der Waals surface area contributed by atoms with Crippen LogP contribution in [0.15, 0.2) is 35.3 Å². The molecule has 1 aliphatic heterocycles.